The summed E-state index contributed by atoms with van der Waals surface area (Å²) in [6, 6.07) is 6.65. The summed E-state index contributed by atoms with van der Waals surface area (Å²) in [5.74, 6) is -0.436. The van der Waals surface area contributed by atoms with Gasteiger partial charge in [0, 0.05) is 24.1 Å². The van der Waals surface area contributed by atoms with Gasteiger partial charge in [0.2, 0.25) is 11.8 Å². The largest absolute Gasteiger partial charge is 0.369 e. The number of nitrogens with two attached hydrogens (primary N) is 1. The van der Waals surface area contributed by atoms with Crippen LogP contribution in [0.3, 0.4) is 0 Å². The molecule has 1 aliphatic rings. The molecular formula is C17H23N3O3. The number of ketones is 1. The zero-order valence-electron chi connectivity index (χ0n) is 13.5. The normalized spacial score (nSPS) is 17.5. The number of primary amides is 1. The average Bonchev–Trinajstić information content (AvgIpc) is 2.53. The van der Waals surface area contributed by atoms with E-state index in [2.05, 4.69) is 10.2 Å². The number of Topliss-reactive ketones (excluding diaryl/α,β-unsaturated/α-hetero) is 1. The quantitative estimate of drug-likeness (QED) is 0.803. The summed E-state index contributed by atoms with van der Waals surface area (Å²) < 4.78 is 0. The van der Waals surface area contributed by atoms with Gasteiger partial charge in [0.1, 0.15) is 0 Å². The van der Waals surface area contributed by atoms with Gasteiger partial charge in [-0.3, -0.25) is 19.3 Å². The molecule has 0 spiro atoms. The van der Waals surface area contributed by atoms with Crippen molar-refractivity contribution in [2.45, 2.75) is 32.7 Å². The van der Waals surface area contributed by atoms with Crippen LogP contribution in [0.5, 0.6) is 0 Å². The molecule has 1 saturated heterocycles. The Balaban J connectivity index is 1.97. The minimum atomic E-state index is -0.253. The first-order valence-corrected chi connectivity index (χ1v) is 7.83. The minimum absolute atomic E-state index is 0.0388. The van der Waals surface area contributed by atoms with Gasteiger partial charge in [-0.15, -0.1) is 0 Å². The van der Waals surface area contributed by atoms with E-state index in [0.717, 1.165) is 0 Å². The molecule has 1 aliphatic heterocycles. The van der Waals surface area contributed by atoms with Crippen molar-refractivity contribution in [1.82, 2.24) is 4.90 Å². The molecule has 1 atom stereocenters. The maximum atomic E-state index is 12.6. The molecule has 0 saturated carbocycles. The number of nitrogens with one attached hydrogen (secondary N) is 1. The van der Waals surface area contributed by atoms with Crippen LogP contribution in [0.25, 0.3) is 0 Å². The lowest BCUT2D eigenvalue weighted by molar-refractivity contribution is -0.123. The summed E-state index contributed by atoms with van der Waals surface area (Å²) in [4.78, 5) is 36.9. The Morgan fingerprint density at radius 3 is 2.22 bits per heavy atom. The van der Waals surface area contributed by atoms with E-state index >= 15 is 0 Å². The molecule has 6 heteroatoms. The number of likely N-dealkylation sites (tertiary alicyclic amines) is 1. The Bertz CT molecular complexity index is 590. The highest BCUT2D eigenvalue weighted by Gasteiger charge is 2.29. The fourth-order valence-electron chi connectivity index (χ4n) is 2.90. The smallest absolute Gasteiger partial charge is 0.221 e. The molecule has 2 amide bonds. The highest BCUT2D eigenvalue weighted by atomic mass is 16.2. The Morgan fingerprint density at radius 2 is 1.74 bits per heavy atom. The Labute approximate surface area is 136 Å². The predicted octanol–water partition coefficient (Wildman–Crippen LogP) is 1.41. The highest BCUT2D eigenvalue weighted by Crippen LogP contribution is 2.20. The molecule has 1 aromatic rings. The van der Waals surface area contributed by atoms with Gasteiger partial charge in [-0.25, -0.2) is 0 Å². The number of benzene rings is 1. The van der Waals surface area contributed by atoms with Crippen molar-refractivity contribution >= 4 is 23.3 Å². The molecular weight excluding hydrogens is 294 g/mol. The number of amides is 2. The van der Waals surface area contributed by atoms with Crippen molar-refractivity contribution in [3.63, 3.8) is 0 Å². The fraction of sp³-hybridized carbons (Fsp3) is 0.471. The molecule has 2 rings (SSSR count). The number of hydrogen-bond donors (Lipinski definition) is 2. The monoisotopic (exact) mass is 317 g/mol. The standard InChI is InChI=1S/C17H23N3O3/c1-11(20-9-7-14(8-10-20)17(18)23)16(22)13-3-5-15(6-4-13)19-12(2)21/h3-6,11,14H,7-10H2,1-2H3,(H2,18,23)(H,19,21). The van der Waals surface area contributed by atoms with E-state index in [1.807, 2.05) is 6.92 Å². The van der Waals surface area contributed by atoms with Crippen LogP contribution in [-0.2, 0) is 9.59 Å². The number of anilines is 1. The number of piperidine rings is 1. The van der Waals surface area contributed by atoms with Gasteiger partial charge < -0.3 is 11.1 Å². The second kappa shape index (κ2) is 7.37. The summed E-state index contributed by atoms with van der Waals surface area (Å²) in [6.07, 6.45) is 1.41. The molecule has 3 N–H and O–H groups in total. The summed E-state index contributed by atoms with van der Waals surface area (Å²) in [6.45, 7) is 4.72. The number of carbonyl (C=O) groups is 3. The first-order chi connectivity index (χ1) is 10.9. The van der Waals surface area contributed by atoms with Gasteiger partial charge in [0.05, 0.1) is 6.04 Å². The van der Waals surface area contributed by atoms with Crippen molar-refractivity contribution in [2.75, 3.05) is 18.4 Å². The minimum Gasteiger partial charge on any atom is -0.369 e. The number of rotatable bonds is 5. The van der Waals surface area contributed by atoms with E-state index in [1.54, 1.807) is 24.3 Å². The number of nitrogens with zero attached hydrogens (tertiary/aromatic N) is 1. The predicted molar refractivity (Wildman–Crippen MR) is 88.0 cm³/mol. The maximum absolute atomic E-state index is 12.6. The van der Waals surface area contributed by atoms with Crippen LogP contribution >= 0.6 is 0 Å². The van der Waals surface area contributed by atoms with Gasteiger partial charge in [-0.2, -0.15) is 0 Å². The SMILES string of the molecule is CC(=O)Nc1ccc(C(=O)C(C)N2CCC(C(N)=O)CC2)cc1. The molecule has 0 aromatic heterocycles. The van der Waals surface area contributed by atoms with E-state index in [-0.39, 0.29) is 29.6 Å². The molecule has 1 fully saturated rings. The first kappa shape index (κ1) is 17.1. The second-order valence-electron chi connectivity index (χ2n) is 6.01. The maximum Gasteiger partial charge on any atom is 0.221 e. The Hall–Kier alpha value is -2.21. The van der Waals surface area contributed by atoms with Crippen LogP contribution in [0.4, 0.5) is 5.69 Å². The number of carbonyl (C=O) groups excluding carboxylic acids is 3. The van der Waals surface area contributed by atoms with Crippen LogP contribution < -0.4 is 11.1 Å². The van der Waals surface area contributed by atoms with Crippen molar-refractivity contribution in [1.29, 1.82) is 0 Å². The molecule has 1 heterocycles. The summed E-state index contributed by atoms with van der Waals surface area (Å²) >= 11 is 0. The third kappa shape index (κ3) is 4.39. The molecule has 124 valence electrons. The molecule has 1 aromatic carbocycles. The van der Waals surface area contributed by atoms with E-state index in [4.69, 9.17) is 5.73 Å². The van der Waals surface area contributed by atoms with Crippen molar-refractivity contribution in [3.05, 3.63) is 29.8 Å². The lowest BCUT2D eigenvalue weighted by atomic mass is 9.94. The van der Waals surface area contributed by atoms with Crippen molar-refractivity contribution in [3.8, 4) is 0 Å². The molecule has 1 unspecified atom stereocenters. The molecule has 0 radical (unpaired) electrons. The van der Waals surface area contributed by atoms with E-state index in [1.165, 1.54) is 6.92 Å². The average molecular weight is 317 g/mol. The molecule has 0 bridgehead atoms. The molecule has 23 heavy (non-hydrogen) atoms. The lowest BCUT2D eigenvalue weighted by Crippen LogP contribution is -2.46. The Kier molecular flexibility index (Phi) is 5.50. The van der Waals surface area contributed by atoms with E-state index in [0.29, 0.717) is 37.2 Å². The third-order valence-corrected chi connectivity index (χ3v) is 4.35. The fourth-order valence-corrected chi connectivity index (χ4v) is 2.90. The van der Waals surface area contributed by atoms with Gasteiger partial charge in [0.25, 0.3) is 0 Å². The van der Waals surface area contributed by atoms with Crippen LogP contribution in [0.15, 0.2) is 24.3 Å². The van der Waals surface area contributed by atoms with Gasteiger partial charge in [-0.1, -0.05) is 0 Å². The number of hydrogen-bond acceptors (Lipinski definition) is 4. The van der Waals surface area contributed by atoms with E-state index < -0.39 is 0 Å². The summed E-state index contributed by atoms with van der Waals surface area (Å²) in [5, 5.41) is 2.67. The second-order valence-corrected chi connectivity index (χ2v) is 6.01. The van der Waals surface area contributed by atoms with Crippen LogP contribution in [0.2, 0.25) is 0 Å². The molecule has 0 aliphatic carbocycles. The highest BCUT2D eigenvalue weighted by molar-refractivity contribution is 6.00. The van der Waals surface area contributed by atoms with Crippen LogP contribution in [-0.4, -0.2) is 41.6 Å². The summed E-state index contributed by atoms with van der Waals surface area (Å²) in [5.41, 5.74) is 6.62. The third-order valence-electron chi connectivity index (χ3n) is 4.35. The lowest BCUT2D eigenvalue weighted by Gasteiger charge is -2.34. The topological polar surface area (TPSA) is 92.5 Å². The zero-order chi connectivity index (χ0) is 17.0. The van der Waals surface area contributed by atoms with Gasteiger partial charge in [0.15, 0.2) is 5.78 Å². The van der Waals surface area contributed by atoms with Gasteiger partial charge >= 0.3 is 0 Å². The van der Waals surface area contributed by atoms with E-state index in [9.17, 15) is 14.4 Å². The zero-order valence-corrected chi connectivity index (χ0v) is 13.5. The Morgan fingerprint density at radius 1 is 1.17 bits per heavy atom. The summed E-state index contributed by atoms with van der Waals surface area (Å²) in [7, 11) is 0. The first-order valence-electron chi connectivity index (χ1n) is 7.83. The van der Waals surface area contributed by atoms with Gasteiger partial charge in [-0.05, 0) is 57.1 Å². The van der Waals surface area contributed by atoms with Crippen LogP contribution in [0, 0.1) is 5.92 Å². The van der Waals surface area contributed by atoms with Crippen molar-refractivity contribution < 1.29 is 14.4 Å². The van der Waals surface area contributed by atoms with Crippen LogP contribution in [0.1, 0.15) is 37.0 Å². The molecule has 6 nitrogen and oxygen atoms in total. The van der Waals surface area contributed by atoms with Crippen molar-refractivity contribution in [2.24, 2.45) is 11.7 Å².